The molecule has 0 saturated carbocycles. The first-order valence-corrected chi connectivity index (χ1v) is 11.9. The lowest BCUT2D eigenvalue weighted by Crippen LogP contribution is -2.59. The molecule has 0 radical (unpaired) electrons. The Bertz CT molecular complexity index is 911. The Balaban J connectivity index is 2.20. The number of likely N-dealkylation sites (tertiary alicyclic amines) is 1. The van der Waals surface area contributed by atoms with Crippen LogP contribution in [0.3, 0.4) is 0 Å². The molecule has 1 aliphatic carbocycles. The molecule has 6 atom stereocenters. The highest BCUT2D eigenvalue weighted by atomic mass is 35.5. The minimum Gasteiger partial charge on any atom is -0.481 e. The molecule has 1 saturated heterocycles. The smallest absolute Gasteiger partial charge is 0.304 e. The number of aliphatic carboxylic acids is 1. The Hall–Kier alpha value is -1.82. The van der Waals surface area contributed by atoms with Gasteiger partial charge in [0.05, 0.1) is 35.4 Å². The molecule has 1 heterocycles. The van der Waals surface area contributed by atoms with E-state index in [4.69, 9.17) is 23.2 Å². The second kappa shape index (κ2) is 9.98. The number of halogens is 2. The van der Waals surface area contributed by atoms with Crippen molar-refractivity contribution in [3.8, 4) is 0 Å². The maximum atomic E-state index is 13.9. The van der Waals surface area contributed by atoms with Gasteiger partial charge in [0.1, 0.15) is 0 Å². The van der Waals surface area contributed by atoms with Crippen molar-refractivity contribution in [3.63, 3.8) is 0 Å². The van der Waals surface area contributed by atoms with Crippen LogP contribution in [0.5, 0.6) is 0 Å². The first kappa shape index (κ1) is 24.8. The molecule has 2 N–H and O–H groups in total. The maximum Gasteiger partial charge on any atom is 0.304 e. The highest BCUT2D eigenvalue weighted by molar-refractivity contribution is 6.30. The summed E-state index contributed by atoms with van der Waals surface area (Å²) in [6, 6.07) is 6.60. The van der Waals surface area contributed by atoms with Crippen molar-refractivity contribution in [1.29, 1.82) is 0 Å². The second-order valence-corrected chi connectivity index (χ2v) is 10.2. The van der Waals surface area contributed by atoms with Gasteiger partial charge in [-0.25, -0.2) is 0 Å². The number of carbonyl (C=O) groups excluding carboxylic acids is 1. The predicted octanol–water partition coefficient (Wildman–Crippen LogP) is 5.36. The van der Waals surface area contributed by atoms with Crippen LogP contribution in [0.25, 0.3) is 0 Å². The zero-order valence-corrected chi connectivity index (χ0v) is 20.2. The molecule has 1 fully saturated rings. The van der Waals surface area contributed by atoms with Crippen LogP contribution in [-0.2, 0) is 9.59 Å². The number of rotatable bonds is 7. The van der Waals surface area contributed by atoms with Gasteiger partial charge in [-0.15, -0.1) is 11.6 Å². The molecule has 1 aromatic rings. The Morgan fingerprint density at radius 1 is 1.31 bits per heavy atom. The Morgan fingerprint density at radius 3 is 2.50 bits per heavy atom. The number of carbonyl (C=O) groups is 2. The average molecular weight is 480 g/mol. The van der Waals surface area contributed by atoms with E-state index in [1.165, 1.54) is 0 Å². The van der Waals surface area contributed by atoms with Crippen molar-refractivity contribution in [3.05, 3.63) is 58.7 Å². The number of aliphatic hydroxyl groups excluding tert-OH is 1. The fourth-order valence-electron chi connectivity index (χ4n) is 5.25. The number of piperidine rings is 1. The van der Waals surface area contributed by atoms with E-state index in [0.717, 1.165) is 11.1 Å². The van der Waals surface area contributed by atoms with Crippen molar-refractivity contribution < 1.29 is 19.8 Å². The molecule has 0 spiro atoms. The summed E-state index contributed by atoms with van der Waals surface area (Å²) < 4.78 is 0. The van der Waals surface area contributed by atoms with E-state index in [1.54, 1.807) is 30.9 Å². The molecule has 32 heavy (non-hydrogen) atoms. The van der Waals surface area contributed by atoms with Gasteiger partial charge in [0.2, 0.25) is 5.91 Å². The van der Waals surface area contributed by atoms with Crippen LogP contribution < -0.4 is 0 Å². The number of nitrogens with zero attached hydrogens (tertiary/aromatic N) is 1. The molecule has 174 valence electrons. The van der Waals surface area contributed by atoms with Gasteiger partial charge in [-0.05, 0) is 43.9 Å². The van der Waals surface area contributed by atoms with Gasteiger partial charge in [0.15, 0.2) is 0 Å². The second-order valence-electron chi connectivity index (χ2n) is 9.21. The third-order valence-corrected chi connectivity index (χ3v) is 7.28. The number of hydrogen-bond donors (Lipinski definition) is 2. The summed E-state index contributed by atoms with van der Waals surface area (Å²) in [7, 11) is 0. The average Bonchev–Trinajstić information content (AvgIpc) is 2.71. The lowest BCUT2D eigenvalue weighted by Gasteiger charge is -2.53. The standard InChI is InChI=1S/C25H31Cl2NO4/c1-4-21(15(2)29)28-23(16-8-10-18(26)11-9-16)20(17-6-5-7-19(27)12-17)13-25(3,24(28)32)14-22(30)31/h5-11,15,19-21,23,29H,4,12-14H2,1-3H3,(H,30,31)/t15-,19?,20-,21?,23?,25-/m1/s1. The molecule has 7 heteroatoms. The maximum absolute atomic E-state index is 13.9. The minimum absolute atomic E-state index is 0.141. The molecule has 1 aromatic carbocycles. The van der Waals surface area contributed by atoms with Gasteiger partial charge in [-0.1, -0.05) is 61.4 Å². The highest BCUT2D eigenvalue weighted by Crippen LogP contribution is 2.51. The minimum atomic E-state index is -1.09. The summed E-state index contributed by atoms with van der Waals surface area (Å²) in [6.45, 7) is 5.34. The van der Waals surface area contributed by atoms with Crippen molar-refractivity contribution in [1.82, 2.24) is 4.90 Å². The van der Waals surface area contributed by atoms with E-state index in [9.17, 15) is 19.8 Å². The molecule has 0 bridgehead atoms. The van der Waals surface area contributed by atoms with Crippen LogP contribution in [-0.4, -0.2) is 44.5 Å². The Kier molecular flexibility index (Phi) is 7.74. The van der Waals surface area contributed by atoms with Crippen LogP contribution in [0.2, 0.25) is 5.02 Å². The molecule has 1 aliphatic heterocycles. The van der Waals surface area contributed by atoms with Crippen molar-refractivity contribution in [2.45, 2.75) is 70.0 Å². The van der Waals surface area contributed by atoms with E-state index in [-0.39, 0.29) is 29.7 Å². The summed E-state index contributed by atoms with van der Waals surface area (Å²) in [5.74, 6) is -1.39. The summed E-state index contributed by atoms with van der Waals surface area (Å²) in [4.78, 5) is 27.4. The predicted molar refractivity (Wildman–Crippen MR) is 127 cm³/mol. The van der Waals surface area contributed by atoms with Gasteiger partial charge in [-0.3, -0.25) is 9.59 Å². The first-order valence-electron chi connectivity index (χ1n) is 11.1. The van der Waals surface area contributed by atoms with Crippen LogP contribution in [0.15, 0.2) is 48.1 Å². The number of amides is 1. The number of carboxylic acid groups (broad SMARTS) is 1. The monoisotopic (exact) mass is 479 g/mol. The van der Waals surface area contributed by atoms with Gasteiger partial charge in [0, 0.05) is 10.9 Å². The number of alkyl halides is 1. The lowest BCUT2D eigenvalue weighted by atomic mass is 9.65. The van der Waals surface area contributed by atoms with Gasteiger partial charge in [0.25, 0.3) is 0 Å². The molecule has 2 aliphatic rings. The first-order chi connectivity index (χ1) is 15.1. The van der Waals surface area contributed by atoms with Gasteiger partial charge in [-0.2, -0.15) is 0 Å². The van der Waals surface area contributed by atoms with Crippen molar-refractivity contribution in [2.24, 2.45) is 11.3 Å². The van der Waals surface area contributed by atoms with Crippen LogP contribution in [0, 0.1) is 11.3 Å². The van der Waals surface area contributed by atoms with Crippen molar-refractivity contribution >= 4 is 35.1 Å². The van der Waals surface area contributed by atoms with Crippen LogP contribution >= 0.6 is 23.2 Å². The molecule has 3 unspecified atom stereocenters. The van der Waals surface area contributed by atoms with Crippen LogP contribution in [0.1, 0.15) is 58.1 Å². The highest BCUT2D eigenvalue weighted by Gasteiger charge is 2.53. The lowest BCUT2D eigenvalue weighted by molar-refractivity contribution is -0.165. The van der Waals surface area contributed by atoms with Crippen molar-refractivity contribution in [2.75, 3.05) is 0 Å². The summed E-state index contributed by atoms with van der Waals surface area (Å²) in [6.07, 6.45) is 6.41. The largest absolute Gasteiger partial charge is 0.481 e. The molecule has 1 amide bonds. The van der Waals surface area contributed by atoms with Gasteiger partial charge < -0.3 is 15.1 Å². The number of carboxylic acids is 1. The summed E-state index contributed by atoms with van der Waals surface area (Å²) >= 11 is 12.6. The number of aliphatic hydroxyl groups is 1. The van der Waals surface area contributed by atoms with Crippen LogP contribution in [0.4, 0.5) is 0 Å². The van der Waals surface area contributed by atoms with E-state index >= 15 is 0 Å². The third kappa shape index (κ3) is 5.05. The number of benzene rings is 1. The Labute approximate surface area is 199 Å². The molecular weight excluding hydrogens is 449 g/mol. The summed E-state index contributed by atoms with van der Waals surface area (Å²) in [5.41, 5.74) is 0.902. The van der Waals surface area contributed by atoms with E-state index in [0.29, 0.717) is 24.3 Å². The quantitative estimate of drug-likeness (QED) is 0.515. The SMILES string of the molecule is CCC([C@@H](C)O)N1C(=O)[C@@](C)(CC(=O)O)C[C@H](C2=CC=CC(Cl)C2)C1c1ccc(Cl)cc1. The zero-order valence-electron chi connectivity index (χ0n) is 18.7. The molecule has 5 nitrogen and oxygen atoms in total. The van der Waals surface area contributed by atoms with E-state index in [1.807, 2.05) is 37.3 Å². The number of allylic oxidation sites excluding steroid dienone is 3. The Morgan fingerprint density at radius 2 is 1.97 bits per heavy atom. The van der Waals surface area contributed by atoms with E-state index < -0.39 is 23.5 Å². The molecule has 0 aromatic heterocycles. The van der Waals surface area contributed by atoms with E-state index in [2.05, 4.69) is 0 Å². The normalized spacial score (nSPS) is 30.1. The topological polar surface area (TPSA) is 77.8 Å². The van der Waals surface area contributed by atoms with Gasteiger partial charge >= 0.3 is 5.97 Å². The molecular formula is C25H31Cl2NO4. The zero-order chi connectivity index (χ0) is 23.6. The fraction of sp³-hybridized carbons (Fsp3) is 0.520. The number of hydrogen-bond acceptors (Lipinski definition) is 3. The summed E-state index contributed by atoms with van der Waals surface area (Å²) in [5, 5.41) is 20.7. The fourth-order valence-corrected chi connectivity index (χ4v) is 5.64. The molecule has 3 rings (SSSR count). The third-order valence-electron chi connectivity index (χ3n) is 6.72.